The zero-order valence-corrected chi connectivity index (χ0v) is 8.92. The summed E-state index contributed by atoms with van der Waals surface area (Å²) >= 11 is 0. The van der Waals surface area contributed by atoms with Gasteiger partial charge in [-0.1, -0.05) is 30.3 Å². The Bertz CT molecular complexity index is 504. The van der Waals surface area contributed by atoms with Crippen molar-refractivity contribution in [2.75, 3.05) is 0 Å². The van der Waals surface area contributed by atoms with Crippen molar-refractivity contribution < 1.29 is 4.79 Å². The molecule has 5 heteroatoms. The maximum atomic E-state index is 10.9. The van der Waals surface area contributed by atoms with E-state index >= 15 is 0 Å². The standard InChI is InChI=1S/C11H12N4O/c1-8-13-11(10(12)16)14-15(8)7-9-5-3-2-4-6-9/h2-6H,7H2,1H3,(H2,12,16). The van der Waals surface area contributed by atoms with Crippen molar-refractivity contribution in [3.05, 3.63) is 47.5 Å². The smallest absolute Gasteiger partial charge is 0.288 e. The highest BCUT2D eigenvalue weighted by atomic mass is 16.1. The van der Waals surface area contributed by atoms with Gasteiger partial charge >= 0.3 is 0 Å². The second kappa shape index (κ2) is 4.14. The molecule has 0 aliphatic carbocycles. The van der Waals surface area contributed by atoms with Gasteiger partial charge in [0.15, 0.2) is 0 Å². The van der Waals surface area contributed by atoms with E-state index in [9.17, 15) is 4.79 Å². The van der Waals surface area contributed by atoms with E-state index in [1.54, 1.807) is 11.6 Å². The van der Waals surface area contributed by atoms with Gasteiger partial charge in [0.2, 0.25) is 5.82 Å². The van der Waals surface area contributed by atoms with Gasteiger partial charge in [0.05, 0.1) is 6.54 Å². The molecule has 0 spiro atoms. The number of hydrogen-bond acceptors (Lipinski definition) is 3. The van der Waals surface area contributed by atoms with Gasteiger partial charge in [-0.2, -0.15) is 0 Å². The van der Waals surface area contributed by atoms with Crippen LogP contribution in [0.3, 0.4) is 0 Å². The third-order valence-electron chi connectivity index (χ3n) is 2.25. The summed E-state index contributed by atoms with van der Waals surface area (Å²) in [6, 6.07) is 9.84. The van der Waals surface area contributed by atoms with E-state index in [1.807, 2.05) is 30.3 Å². The molecule has 0 aliphatic heterocycles. The lowest BCUT2D eigenvalue weighted by molar-refractivity contribution is 0.0990. The maximum absolute atomic E-state index is 10.9. The Balaban J connectivity index is 2.25. The Morgan fingerprint density at radius 3 is 2.62 bits per heavy atom. The highest BCUT2D eigenvalue weighted by Crippen LogP contribution is 2.04. The quantitative estimate of drug-likeness (QED) is 0.822. The molecule has 2 N–H and O–H groups in total. The first kappa shape index (κ1) is 10.4. The third-order valence-corrected chi connectivity index (χ3v) is 2.25. The van der Waals surface area contributed by atoms with E-state index in [2.05, 4.69) is 10.1 Å². The molecule has 0 saturated carbocycles. The summed E-state index contributed by atoms with van der Waals surface area (Å²) in [6.07, 6.45) is 0. The molecular formula is C11H12N4O. The van der Waals surface area contributed by atoms with Crippen LogP contribution in [0, 0.1) is 6.92 Å². The van der Waals surface area contributed by atoms with Crippen LogP contribution in [0.2, 0.25) is 0 Å². The number of nitrogens with zero attached hydrogens (tertiary/aromatic N) is 3. The molecule has 1 aromatic carbocycles. The number of rotatable bonds is 3. The molecular weight excluding hydrogens is 204 g/mol. The second-order valence-corrected chi connectivity index (χ2v) is 3.49. The van der Waals surface area contributed by atoms with Crippen LogP contribution in [0.15, 0.2) is 30.3 Å². The summed E-state index contributed by atoms with van der Waals surface area (Å²) in [5, 5.41) is 4.04. The maximum Gasteiger partial charge on any atom is 0.288 e. The zero-order valence-electron chi connectivity index (χ0n) is 8.92. The van der Waals surface area contributed by atoms with E-state index < -0.39 is 5.91 Å². The minimum absolute atomic E-state index is 0.0634. The summed E-state index contributed by atoms with van der Waals surface area (Å²) in [5.74, 6) is 0.140. The van der Waals surface area contributed by atoms with Crippen LogP contribution in [0.5, 0.6) is 0 Å². The van der Waals surface area contributed by atoms with Crippen molar-refractivity contribution in [2.24, 2.45) is 5.73 Å². The Kier molecular flexibility index (Phi) is 2.68. The molecule has 0 bridgehead atoms. The topological polar surface area (TPSA) is 73.8 Å². The molecule has 1 heterocycles. The largest absolute Gasteiger partial charge is 0.363 e. The van der Waals surface area contributed by atoms with Gasteiger partial charge in [-0.05, 0) is 12.5 Å². The molecule has 2 rings (SSSR count). The van der Waals surface area contributed by atoms with Gasteiger partial charge in [-0.15, -0.1) is 5.10 Å². The summed E-state index contributed by atoms with van der Waals surface area (Å²) in [4.78, 5) is 14.9. The van der Waals surface area contributed by atoms with Gasteiger partial charge in [-0.25, -0.2) is 9.67 Å². The van der Waals surface area contributed by atoms with Crippen molar-refractivity contribution in [1.29, 1.82) is 0 Å². The highest BCUT2D eigenvalue weighted by molar-refractivity contribution is 5.88. The SMILES string of the molecule is Cc1nc(C(N)=O)nn1Cc1ccccc1. The third kappa shape index (κ3) is 2.08. The van der Waals surface area contributed by atoms with E-state index in [0.29, 0.717) is 12.4 Å². The molecule has 16 heavy (non-hydrogen) atoms. The Morgan fingerprint density at radius 1 is 1.38 bits per heavy atom. The monoisotopic (exact) mass is 216 g/mol. The van der Waals surface area contributed by atoms with Crippen LogP contribution in [-0.4, -0.2) is 20.7 Å². The fourth-order valence-corrected chi connectivity index (χ4v) is 1.43. The van der Waals surface area contributed by atoms with Gasteiger partial charge < -0.3 is 5.73 Å². The lowest BCUT2D eigenvalue weighted by atomic mass is 10.2. The van der Waals surface area contributed by atoms with Crippen molar-refractivity contribution in [3.8, 4) is 0 Å². The molecule has 1 amide bonds. The van der Waals surface area contributed by atoms with E-state index in [4.69, 9.17) is 5.73 Å². The first-order valence-corrected chi connectivity index (χ1v) is 4.92. The number of aryl methyl sites for hydroxylation is 1. The van der Waals surface area contributed by atoms with E-state index in [1.165, 1.54) is 0 Å². The molecule has 0 aliphatic rings. The fraction of sp³-hybridized carbons (Fsp3) is 0.182. The summed E-state index contributed by atoms with van der Waals surface area (Å²) in [6.45, 7) is 2.38. The first-order valence-electron chi connectivity index (χ1n) is 4.92. The van der Waals surface area contributed by atoms with Gasteiger partial charge in [-0.3, -0.25) is 4.79 Å². The Morgan fingerprint density at radius 2 is 2.06 bits per heavy atom. The van der Waals surface area contributed by atoms with Crippen molar-refractivity contribution in [1.82, 2.24) is 14.8 Å². The van der Waals surface area contributed by atoms with Gasteiger partial charge in [0, 0.05) is 0 Å². The lowest BCUT2D eigenvalue weighted by Crippen LogP contribution is -2.13. The summed E-state index contributed by atoms with van der Waals surface area (Å²) < 4.78 is 1.66. The zero-order chi connectivity index (χ0) is 11.5. The molecule has 0 fully saturated rings. The number of carbonyl (C=O) groups is 1. The number of aromatic nitrogens is 3. The molecule has 0 atom stereocenters. The molecule has 82 valence electrons. The van der Waals surface area contributed by atoms with Crippen molar-refractivity contribution in [3.63, 3.8) is 0 Å². The lowest BCUT2D eigenvalue weighted by Gasteiger charge is -2.02. The van der Waals surface area contributed by atoms with Gasteiger partial charge in [0.25, 0.3) is 5.91 Å². The molecule has 5 nitrogen and oxygen atoms in total. The number of amides is 1. The van der Waals surface area contributed by atoms with Crippen LogP contribution >= 0.6 is 0 Å². The normalized spacial score (nSPS) is 10.3. The van der Waals surface area contributed by atoms with Crippen LogP contribution in [0.1, 0.15) is 22.0 Å². The predicted octanol–water partition coefficient (Wildman–Crippen LogP) is 0.734. The first-order chi connectivity index (χ1) is 7.66. The number of primary amides is 1. The van der Waals surface area contributed by atoms with Crippen LogP contribution in [0.25, 0.3) is 0 Å². The Labute approximate surface area is 92.9 Å². The van der Waals surface area contributed by atoms with Crippen molar-refractivity contribution >= 4 is 5.91 Å². The molecule has 0 radical (unpaired) electrons. The highest BCUT2D eigenvalue weighted by Gasteiger charge is 2.10. The van der Waals surface area contributed by atoms with Crippen LogP contribution < -0.4 is 5.73 Å². The number of carbonyl (C=O) groups excluding carboxylic acids is 1. The molecule has 1 aromatic heterocycles. The van der Waals surface area contributed by atoms with E-state index in [-0.39, 0.29) is 5.82 Å². The average molecular weight is 216 g/mol. The summed E-state index contributed by atoms with van der Waals surface area (Å²) in [7, 11) is 0. The molecule has 0 saturated heterocycles. The predicted molar refractivity (Wildman–Crippen MR) is 58.8 cm³/mol. The van der Waals surface area contributed by atoms with Gasteiger partial charge in [0.1, 0.15) is 5.82 Å². The second-order valence-electron chi connectivity index (χ2n) is 3.49. The fourth-order valence-electron chi connectivity index (χ4n) is 1.43. The van der Waals surface area contributed by atoms with Crippen molar-refractivity contribution in [2.45, 2.75) is 13.5 Å². The molecule has 0 unspecified atom stereocenters. The minimum atomic E-state index is -0.602. The average Bonchev–Trinajstić information content (AvgIpc) is 2.62. The minimum Gasteiger partial charge on any atom is -0.363 e. The Hall–Kier alpha value is -2.17. The van der Waals surface area contributed by atoms with E-state index in [0.717, 1.165) is 5.56 Å². The summed E-state index contributed by atoms with van der Waals surface area (Å²) in [5.41, 5.74) is 6.22. The van der Waals surface area contributed by atoms with Crippen LogP contribution in [-0.2, 0) is 6.54 Å². The number of nitrogens with two attached hydrogens (primary N) is 1. The number of benzene rings is 1. The number of hydrogen-bond donors (Lipinski definition) is 1. The molecule has 2 aromatic rings. The van der Waals surface area contributed by atoms with Crippen LogP contribution in [0.4, 0.5) is 0 Å².